The van der Waals surface area contributed by atoms with Gasteiger partial charge in [0, 0.05) is 26.1 Å². The molecule has 0 rings (SSSR count). The van der Waals surface area contributed by atoms with Crippen molar-refractivity contribution in [1.82, 2.24) is 0 Å². The Morgan fingerprint density at radius 2 is 1.30 bits per heavy atom. The first-order chi connectivity index (χ1) is 4.06. The largest absolute Gasteiger partial charge is 0.473 e. The molecule has 0 amide bonds. The van der Waals surface area contributed by atoms with Gasteiger partial charge in [-0.1, -0.05) is 0 Å². The Morgan fingerprint density at radius 1 is 1.20 bits per heavy atom. The fraction of sp³-hybridized carbons (Fsp3) is 0.500. The molecule has 0 saturated carbocycles. The number of carboxylic acids is 2. The molecule has 0 bridgehead atoms. The second kappa shape index (κ2) is 11.3. The van der Waals surface area contributed by atoms with Gasteiger partial charge in [-0.15, -0.1) is 0 Å². The zero-order valence-electron chi connectivity index (χ0n) is 5.57. The van der Waals surface area contributed by atoms with Gasteiger partial charge in [-0.3, -0.25) is 0 Å². The van der Waals surface area contributed by atoms with E-state index < -0.39 is 11.9 Å². The van der Waals surface area contributed by atoms with Crippen LogP contribution in [0.25, 0.3) is 0 Å². The van der Waals surface area contributed by atoms with Crippen molar-refractivity contribution in [1.29, 1.82) is 0 Å². The number of carboxylic acid groups (broad SMARTS) is 2. The smallest absolute Gasteiger partial charge is 0.414 e. The van der Waals surface area contributed by atoms with Gasteiger partial charge in [0.25, 0.3) is 0 Å². The molecule has 0 fully saturated rings. The van der Waals surface area contributed by atoms with Crippen molar-refractivity contribution in [3.63, 3.8) is 0 Å². The van der Waals surface area contributed by atoms with Gasteiger partial charge < -0.3 is 15.3 Å². The molecule has 0 aromatic heterocycles. The van der Waals surface area contributed by atoms with Crippen molar-refractivity contribution >= 4 is 11.9 Å². The van der Waals surface area contributed by atoms with Crippen LogP contribution in [0.2, 0.25) is 0 Å². The monoisotopic (exact) mass is 200 g/mol. The second-order valence-electron chi connectivity index (χ2n) is 0.927. The molecule has 0 radical (unpaired) electrons. The third-order valence-corrected chi connectivity index (χ3v) is 0.183. The minimum atomic E-state index is -1.82. The zero-order chi connectivity index (χ0) is 7.86. The van der Waals surface area contributed by atoms with Crippen molar-refractivity contribution in [2.24, 2.45) is 0 Å². The molecule has 0 aromatic rings. The van der Waals surface area contributed by atoms with Crippen LogP contribution >= 0.6 is 0 Å². The number of hydrogen-bond donors (Lipinski definition) is 3. The van der Waals surface area contributed by atoms with Crippen LogP contribution in [-0.2, 0) is 29.1 Å². The summed E-state index contributed by atoms with van der Waals surface area (Å²) >= 11 is 0. The van der Waals surface area contributed by atoms with E-state index in [-0.39, 0.29) is 26.1 Å². The van der Waals surface area contributed by atoms with Crippen LogP contribution in [0.5, 0.6) is 0 Å². The van der Waals surface area contributed by atoms with Crippen molar-refractivity contribution in [2.75, 3.05) is 6.61 Å². The molecule has 5 nitrogen and oxygen atoms in total. The average molecular weight is 201 g/mol. The molecule has 0 unspecified atom stereocenters. The third-order valence-electron chi connectivity index (χ3n) is 0.183. The van der Waals surface area contributed by atoms with Crippen LogP contribution in [0.3, 0.4) is 0 Å². The van der Waals surface area contributed by atoms with Gasteiger partial charge in [0.1, 0.15) is 0 Å². The summed E-state index contributed by atoms with van der Waals surface area (Å²) in [6.45, 7) is 1.93. The zero-order valence-corrected chi connectivity index (χ0v) is 8.54. The van der Waals surface area contributed by atoms with Gasteiger partial charge in [-0.25, -0.2) is 9.59 Å². The maximum absolute atomic E-state index is 9.10. The van der Waals surface area contributed by atoms with E-state index in [0.29, 0.717) is 0 Å². The predicted octanol–water partition coefficient (Wildman–Crippen LogP) is -0.848. The van der Waals surface area contributed by atoms with Crippen LogP contribution < -0.4 is 0 Å². The molecule has 3 N–H and O–H groups in total. The van der Waals surface area contributed by atoms with Gasteiger partial charge in [-0.2, -0.15) is 0 Å². The first kappa shape index (κ1) is 16.3. The van der Waals surface area contributed by atoms with E-state index in [0.717, 1.165) is 0 Å². The Kier molecular flexibility index (Phi) is 18.4. The van der Waals surface area contributed by atoms with Crippen LogP contribution in [-0.4, -0.2) is 33.9 Å². The molecule has 6 heteroatoms. The van der Waals surface area contributed by atoms with Gasteiger partial charge in [-0.05, 0) is 6.92 Å². The SMILES string of the molecule is CCO.O=C(O)C(=O)O.[Zn]. The first-order valence-corrected chi connectivity index (χ1v) is 2.13. The molecular weight excluding hydrogens is 193 g/mol. The molecular formula is C4H8O5Zn. The van der Waals surface area contributed by atoms with Crippen LogP contribution in [0.15, 0.2) is 0 Å². The van der Waals surface area contributed by atoms with Gasteiger partial charge >= 0.3 is 11.9 Å². The van der Waals surface area contributed by atoms with Gasteiger partial charge in [0.05, 0.1) is 0 Å². The molecule has 0 aliphatic heterocycles. The minimum Gasteiger partial charge on any atom is -0.473 e. The van der Waals surface area contributed by atoms with Crippen molar-refractivity contribution in [3.05, 3.63) is 0 Å². The molecule has 10 heavy (non-hydrogen) atoms. The summed E-state index contributed by atoms with van der Waals surface area (Å²) in [5.74, 6) is -3.65. The fourth-order valence-corrected chi connectivity index (χ4v) is 0. The topological polar surface area (TPSA) is 94.8 Å². The molecule has 56 valence electrons. The molecule has 0 heterocycles. The Morgan fingerprint density at radius 3 is 1.30 bits per heavy atom. The Bertz CT molecular complexity index is 89.8. The molecule has 0 spiro atoms. The van der Waals surface area contributed by atoms with Crippen LogP contribution in [0.1, 0.15) is 6.92 Å². The predicted molar refractivity (Wildman–Crippen MR) is 28.0 cm³/mol. The third kappa shape index (κ3) is 25.8. The number of hydrogen-bond acceptors (Lipinski definition) is 3. The Hall–Kier alpha value is -0.477. The summed E-state index contributed by atoms with van der Waals surface area (Å²) in [5.41, 5.74) is 0. The normalized spacial score (nSPS) is 6.20. The van der Waals surface area contributed by atoms with Crippen molar-refractivity contribution < 1.29 is 44.4 Å². The van der Waals surface area contributed by atoms with E-state index >= 15 is 0 Å². The minimum absolute atomic E-state index is 0. The second-order valence-corrected chi connectivity index (χ2v) is 0.927. The molecule has 0 aliphatic rings. The quantitative estimate of drug-likeness (QED) is 0.351. The molecule has 0 saturated heterocycles. The van der Waals surface area contributed by atoms with E-state index in [2.05, 4.69) is 0 Å². The van der Waals surface area contributed by atoms with E-state index in [1.165, 1.54) is 0 Å². The van der Waals surface area contributed by atoms with Crippen LogP contribution in [0.4, 0.5) is 0 Å². The van der Waals surface area contributed by atoms with E-state index in [1.807, 2.05) is 0 Å². The maximum atomic E-state index is 9.10. The van der Waals surface area contributed by atoms with Crippen molar-refractivity contribution in [2.45, 2.75) is 6.92 Å². The number of aliphatic hydroxyl groups excluding tert-OH is 1. The molecule has 0 aliphatic carbocycles. The summed E-state index contributed by atoms with van der Waals surface area (Å²) < 4.78 is 0. The summed E-state index contributed by atoms with van der Waals surface area (Å²) in [7, 11) is 0. The Balaban J connectivity index is -0.000000107. The number of aliphatic hydroxyl groups is 1. The first-order valence-electron chi connectivity index (χ1n) is 2.13. The average Bonchev–Trinajstić information content (AvgIpc) is 1.68. The molecule has 0 aromatic carbocycles. The maximum Gasteiger partial charge on any atom is 0.414 e. The fourth-order valence-electron chi connectivity index (χ4n) is 0. The standard InChI is InChI=1S/C2H2O4.C2H6O.Zn/c3-1(4)2(5)6;1-2-3;/h(H,3,4)(H,5,6);3H,2H2,1H3;. The van der Waals surface area contributed by atoms with Gasteiger partial charge in [0.2, 0.25) is 0 Å². The molecule has 0 atom stereocenters. The van der Waals surface area contributed by atoms with E-state index in [9.17, 15) is 0 Å². The summed E-state index contributed by atoms with van der Waals surface area (Å²) in [5, 5.41) is 22.4. The summed E-state index contributed by atoms with van der Waals surface area (Å²) in [6, 6.07) is 0. The van der Waals surface area contributed by atoms with Crippen molar-refractivity contribution in [3.8, 4) is 0 Å². The number of rotatable bonds is 0. The van der Waals surface area contributed by atoms with E-state index in [1.54, 1.807) is 6.92 Å². The van der Waals surface area contributed by atoms with E-state index in [4.69, 9.17) is 24.9 Å². The Labute approximate surface area is 70.4 Å². The number of carbonyl (C=O) groups is 2. The number of aliphatic carboxylic acids is 2. The van der Waals surface area contributed by atoms with Gasteiger partial charge in [0.15, 0.2) is 0 Å². The van der Waals surface area contributed by atoms with Crippen LogP contribution in [0, 0.1) is 0 Å². The summed E-state index contributed by atoms with van der Waals surface area (Å²) in [6.07, 6.45) is 0. The summed E-state index contributed by atoms with van der Waals surface area (Å²) in [4.78, 5) is 18.2.